The predicted molar refractivity (Wildman–Crippen MR) is 36.6 cm³/mol. The zero-order valence-electron chi connectivity index (χ0n) is 6.42. The van der Waals surface area contributed by atoms with Gasteiger partial charge in [-0.15, -0.1) is 0 Å². The van der Waals surface area contributed by atoms with Gasteiger partial charge in [-0.1, -0.05) is 13.8 Å². The van der Waals surface area contributed by atoms with E-state index in [1.807, 2.05) is 0 Å². The molecule has 0 aliphatic heterocycles. The van der Waals surface area contributed by atoms with Crippen molar-refractivity contribution in [3.63, 3.8) is 0 Å². The standard InChI is InChI=1S/C7H12O3/c1-4(2)6(8)5(3)7(9)10/h4-5H,1-3H3,(H,9,10)/t5-/m0/s1. The van der Waals surface area contributed by atoms with E-state index in [0.717, 1.165) is 0 Å². The molecule has 0 spiro atoms. The minimum absolute atomic E-state index is 0.189. The Morgan fingerprint density at radius 2 is 1.60 bits per heavy atom. The monoisotopic (exact) mass is 144 g/mol. The average molecular weight is 144 g/mol. The van der Waals surface area contributed by atoms with Gasteiger partial charge < -0.3 is 5.11 Å². The van der Waals surface area contributed by atoms with Crippen molar-refractivity contribution < 1.29 is 14.7 Å². The van der Waals surface area contributed by atoms with Crippen molar-refractivity contribution in [2.24, 2.45) is 11.8 Å². The number of carboxylic acids is 1. The molecule has 0 aliphatic carbocycles. The van der Waals surface area contributed by atoms with Crippen LogP contribution in [0.4, 0.5) is 0 Å². The first-order valence-electron chi connectivity index (χ1n) is 3.23. The maximum absolute atomic E-state index is 10.9. The highest BCUT2D eigenvalue weighted by molar-refractivity contribution is 5.98. The fourth-order valence-electron chi connectivity index (χ4n) is 0.622. The van der Waals surface area contributed by atoms with Gasteiger partial charge in [0.25, 0.3) is 0 Å². The fourth-order valence-corrected chi connectivity index (χ4v) is 0.622. The van der Waals surface area contributed by atoms with Gasteiger partial charge in [0.1, 0.15) is 11.7 Å². The van der Waals surface area contributed by atoms with Gasteiger partial charge in [-0.25, -0.2) is 0 Å². The number of rotatable bonds is 3. The number of ketones is 1. The van der Waals surface area contributed by atoms with Crippen LogP contribution >= 0.6 is 0 Å². The number of hydrogen-bond donors (Lipinski definition) is 1. The Morgan fingerprint density at radius 3 is 1.70 bits per heavy atom. The molecule has 0 aliphatic rings. The van der Waals surface area contributed by atoms with Crippen LogP contribution in [0.25, 0.3) is 0 Å². The minimum atomic E-state index is -1.04. The molecular formula is C7H12O3. The summed E-state index contributed by atoms with van der Waals surface area (Å²) >= 11 is 0. The fraction of sp³-hybridized carbons (Fsp3) is 0.714. The molecule has 0 bridgehead atoms. The summed E-state index contributed by atoms with van der Waals surface area (Å²) in [7, 11) is 0. The molecule has 10 heavy (non-hydrogen) atoms. The Morgan fingerprint density at radius 1 is 1.20 bits per heavy atom. The van der Waals surface area contributed by atoms with Crippen molar-refractivity contribution in [1.82, 2.24) is 0 Å². The molecule has 0 saturated carbocycles. The number of hydrogen-bond acceptors (Lipinski definition) is 2. The second-order valence-corrected chi connectivity index (χ2v) is 2.62. The van der Waals surface area contributed by atoms with Crippen LogP contribution in [0, 0.1) is 11.8 Å². The zero-order chi connectivity index (χ0) is 8.31. The van der Waals surface area contributed by atoms with Crippen molar-refractivity contribution in [2.45, 2.75) is 20.8 Å². The van der Waals surface area contributed by atoms with Gasteiger partial charge in [0.2, 0.25) is 0 Å². The van der Waals surface area contributed by atoms with Crippen molar-refractivity contribution in [1.29, 1.82) is 0 Å². The van der Waals surface area contributed by atoms with E-state index >= 15 is 0 Å². The van der Waals surface area contributed by atoms with E-state index in [1.54, 1.807) is 13.8 Å². The Bertz CT molecular complexity index is 149. The molecule has 0 aromatic heterocycles. The third-order valence-electron chi connectivity index (χ3n) is 1.37. The van der Waals surface area contributed by atoms with Gasteiger partial charge in [0.05, 0.1) is 0 Å². The van der Waals surface area contributed by atoms with Crippen LogP contribution in [0.1, 0.15) is 20.8 Å². The molecule has 0 aromatic carbocycles. The van der Waals surface area contributed by atoms with Crippen LogP contribution in [0.2, 0.25) is 0 Å². The highest BCUT2D eigenvalue weighted by Crippen LogP contribution is 2.05. The first kappa shape index (κ1) is 9.14. The molecule has 0 aromatic rings. The summed E-state index contributed by atoms with van der Waals surface area (Å²) in [5, 5.41) is 8.38. The van der Waals surface area contributed by atoms with Gasteiger partial charge in [-0.2, -0.15) is 0 Å². The van der Waals surface area contributed by atoms with E-state index in [1.165, 1.54) is 6.92 Å². The largest absolute Gasteiger partial charge is 0.481 e. The van der Waals surface area contributed by atoms with Crippen LogP contribution in [0.3, 0.4) is 0 Å². The first-order chi connectivity index (χ1) is 4.46. The zero-order valence-corrected chi connectivity index (χ0v) is 6.42. The summed E-state index contributed by atoms with van der Waals surface area (Å²) in [5.74, 6) is -2.31. The predicted octanol–water partition coefficient (Wildman–Crippen LogP) is 0.932. The van der Waals surface area contributed by atoms with Crippen molar-refractivity contribution in [2.75, 3.05) is 0 Å². The molecule has 0 amide bonds. The second-order valence-electron chi connectivity index (χ2n) is 2.62. The SMILES string of the molecule is CC(C)C(=O)[C@H](C)C(=O)O. The van der Waals surface area contributed by atoms with Crippen molar-refractivity contribution in [3.8, 4) is 0 Å². The Kier molecular flexibility index (Phi) is 3.06. The third-order valence-corrected chi connectivity index (χ3v) is 1.37. The molecule has 0 fully saturated rings. The highest BCUT2D eigenvalue weighted by Gasteiger charge is 2.22. The molecule has 1 atom stereocenters. The number of carbonyl (C=O) groups excluding carboxylic acids is 1. The average Bonchev–Trinajstić information content (AvgIpc) is 1.84. The Balaban J connectivity index is 4.08. The number of Topliss-reactive ketones (excluding diaryl/α,β-unsaturated/α-hetero) is 1. The summed E-state index contributed by atoms with van der Waals surface area (Å²) in [6.45, 7) is 4.80. The summed E-state index contributed by atoms with van der Waals surface area (Å²) in [4.78, 5) is 21.1. The lowest BCUT2D eigenvalue weighted by molar-refractivity contribution is -0.146. The maximum atomic E-state index is 10.9. The molecule has 0 saturated heterocycles. The second kappa shape index (κ2) is 3.34. The topological polar surface area (TPSA) is 54.4 Å². The van der Waals surface area contributed by atoms with Gasteiger partial charge in [-0.3, -0.25) is 9.59 Å². The Labute approximate surface area is 60.0 Å². The van der Waals surface area contributed by atoms with Crippen LogP contribution < -0.4 is 0 Å². The van der Waals surface area contributed by atoms with Gasteiger partial charge in [0, 0.05) is 5.92 Å². The quantitative estimate of drug-likeness (QED) is 0.599. The lowest BCUT2D eigenvalue weighted by Gasteiger charge is -2.06. The summed E-state index contributed by atoms with van der Waals surface area (Å²) in [5.41, 5.74) is 0. The number of carbonyl (C=O) groups is 2. The van der Waals surface area contributed by atoms with E-state index in [9.17, 15) is 9.59 Å². The maximum Gasteiger partial charge on any atom is 0.313 e. The van der Waals surface area contributed by atoms with E-state index in [0.29, 0.717) is 0 Å². The molecule has 0 radical (unpaired) electrons. The molecule has 3 nitrogen and oxygen atoms in total. The third kappa shape index (κ3) is 2.17. The number of aliphatic carboxylic acids is 1. The molecule has 0 unspecified atom stereocenters. The molecule has 58 valence electrons. The van der Waals surface area contributed by atoms with Gasteiger partial charge >= 0.3 is 5.97 Å². The van der Waals surface area contributed by atoms with E-state index in [-0.39, 0.29) is 11.7 Å². The molecule has 0 rings (SSSR count). The van der Waals surface area contributed by atoms with Crippen LogP contribution in [0.5, 0.6) is 0 Å². The molecular weight excluding hydrogens is 132 g/mol. The molecule has 0 heterocycles. The normalized spacial score (nSPS) is 13.2. The van der Waals surface area contributed by atoms with Crippen LogP contribution in [-0.4, -0.2) is 16.9 Å². The lowest BCUT2D eigenvalue weighted by atomic mass is 9.97. The summed E-state index contributed by atoms with van der Waals surface area (Å²) < 4.78 is 0. The summed E-state index contributed by atoms with van der Waals surface area (Å²) in [6, 6.07) is 0. The first-order valence-corrected chi connectivity index (χ1v) is 3.23. The summed E-state index contributed by atoms with van der Waals surface area (Å²) in [6.07, 6.45) is 0. The lowest BCUT2D eigenvalue weighted by Crippen LogP contribution is -2.24. The minimum Gasteiger partial charge on any atom is -0.481 e. The number of carboxylic acid groups (broad SMARTS) is 1. The van der Waals surface area contributed by atoms with Gasteiger partial charge in [-0.05, 0) is 6.92 Å². The van der Waals surface area contributed by atoms with E-state index in [4.69, 9.17) is 5.11 Å². The smallest absolute Gasteiger partial charge is 0.313 e. The van der Waals surface area contributed by atoms with Crippen molar-refractivity contribution >= 4 is 11.8 Å². The van der Waals surface area contributed by atoms with Crippen LogP contribution in [0.15, 0.2) is 0 Å². The van der Waals surface area contributed by atoms with E-state index in [2.05, 4.69) is 0 Å². The Hall–Kier alpha value is -0.860. The molecule has 3 heteroatoms. The van der Waals surface area contributed by atoms with Gasteiger partial charge in [0.15, 0.2) is 0 Å². The van der Waals surface area contributed by atoms with Crippen molar-refractivity contribution in [3.05, 3.63) is 0 Å². The highest BCUT2D eigenvalue weighted by atomic mass is 16.4. The molecule has 1 N–H and O–H groups in total. The van der Waals surface area contributed by atoms with E-state index < -0.39 is 11.9 Å². The van der Waals surface area contributed by atoms with Crippen LogP contribution in [-0.2, 0) is 9.59 Å².